The zero-order valence-corrected chi connectivity index (χ0v) is 14.0. The molecule has 0 saturated heterocycles. The standard InChI is InChI=1S/C18H28N4O/c1-2-19-18(22-16-11-7-4-8-12-16)21-14-17(23)20-13-15-9-5-3-6-10-15/h3,5-6,9-10,16H,2,4,7-8,11-14H2,1H3,(H,20,23)(H2,19,21,22). The Kier molecular flexibility index (Phi) is 7.43. The Morgan fingerprint density at radius 3 is 2.57 bits per heavy atom. The Hall–Kier alpha value is -2.04. The molecule has 0 radical (unpaired) electrons. The summed E-state index contributed by atoms with van der Waals surface area (Å²) in [5.74, 6) is 0.684. The second-order valence-electron chi connectivity index (χ2n) is 5.94. The van der Waals surface area contributed by atoms with Crippen molar-refractivity contribution in [2.24, 2.45) is 4.99 Å². The molecule has 2 rings (SSSR count). The van der Waals surface area contributed by atoms with Crippen molar-refractivity contribution in [3.8, 4) is 0 Å². The Morgan fingerprint density at radius 1 is 1.13 bits per heavy atom. The fourth-order valence-corrected chi connectivity index (χ4v) is 2.76. The molecule has 1 aliphatic carbocycles. The summed E-state index contributed by atoms with van der Waals surface area (Å²) >= 11 is 0. The number of hydrogen-bond donors (Lipinski definition) is 3. The fourth-order valence-electron chi connectivity index (χ4n) is 2.76. The summed E-state index contributed by atoms with van der Waals surface area (Å²) in [7, 11) is 0. The van der Waals surface area contributed by atoms with Crippen LogP contribution in [0.25, 0.3) is 0 Å². The van der Waals surface area contributed by atoms with Crippen molar-refractivity contribution >= 4 is 11.9 Å². The number of benzene rings is 1. The summed E-state index contributed by atoms with van der Waals surface area (Å²) in [6, 6.07) is 10.4. The first-order valence-corrected chi connectivity index (χ1v) is 8.63. The molecule has 5 nitrogen and oxygen atoms in total. The Labute approximate surface area is 139 Å². The maximum atomic E-state index is 11.9. The van der Waals surface area contributed by atoms with Crippen LogP contribution in [0, 0.1) is 0 Å². The molecular formula is C18H28N4O. The van der Waals surface area contributed by atoms with Gasteiger partial charge >= 0.3 is 0 Å². The van der Waals surface area contributed by atoms with Gasteiger partial charge in [0.2, 0.25) is 5.91 Å². The Morgan fingerprint density at radius 2 is 1.87 bits per heavy atom. The molecule has 0 unspecified atom stereocenters. The van der Waals surface area contributed by atoms with E-state index in [1.54, 1.807) is 0 Å². The molecule has 1 saturated carbocycles. The topological polar surface area (TPSA) is 65.5 Å². The van der Waals surface area contributed by atoms with E-state index in [4.69, 9.17) is 0 Å². The van der Waals surface area contributed by atoms with Gasteiger partial charge in [-0.1, -0.05) is 49.6 Å². The van der Waals surface area contributed by atoms with E-state index in [2.05, 4.69) is 20.9 Å². The maximum Gasteiger partial charge on any atom is 0.242 e. The van der Waals surface area contributed by atoms with Crippen LogP contribution in [0.15, 0.2) is 35.3 Å². The molecule has 0 atom stereocenters. The minimum atomic E-state index is -0.0605. The van der Waals surface area contributed by atoms with Gasteiger partial charge in [0, 0.05) is 19.1 Å². The molecule has 1 amide bonds. The molecule has 0 heterocycles. The lowest BCUT2D eigenvalue weighted by Gasteiger charge is -2.24. The lowest BCUT2D eigenvalue weighted by Crippen LogP contribution is -2.44. The predicted molar refractivity (Wildman–Crippen MR) is 94.3 cm³/mol. The highest BCUT2D eigenvalue weighted by atomic mass is 16.1. The third-order valence-electron chi connectivity index (χ3n) is 4.00. The predicted octanol–water partition coefficient (Wildman–Crippen LogP) is 2.19. The van der Waals surface area contributed by atoms with E-state index in [1.165, 1.54) is 32.1 Å². The number of nitrogens with zero attached hydrogens (tertiary/aromatic N) is 1. The number of carbonyl (C=O) groups is 1. The summed E-state index contributed by atoms with van der Waals surface area (Å²) in [4.78, 5) is 16.3. The van der Waals surface area contributed by atoms with Crippen molar-refractivity contribution in [3.05, 3.63) is 35.9 Å². The van der Waals surface area contributed by atoms with Crippen LogP contribution < -0.4 is 16.0 Å². The van der Waals surface area contributed by atoms with Crippen LogP contribution in [0.1, 0.15) is 44.6 Å². The number of nitrogens with one attached hydrogen (secondary N) is 3. The molecule has 1 fully saturated rings. The molecule has 0 bridgehead atoms. The van der Waals surface area contributed by atoms with Gasteiger partial charge in [-0.15, -0.1) is 0 Å². The zero-order valence-electron chi connectivity index (χ0n) is 14.0. The third kappa shape index (κ3) is 6.72. The van der Waals surface area contributed by atoms with E-state index in [9.17, 15) is 4.79 Å². The first-order valence-electron chi connectivity index (χ1n) is 8.63. The average molecular weight is 316 g/mol. The molecule has 1 aliphatic rings. The summed E-state index contributed by atoms with van der Waals surface area (Å²) < 4.78 is 0. The Balaban J connectivity index is 1.77. The molecule has 0 aromatic heterocycles. The molecule has 23 heavy (non-hydrogen) atoms. The van der Waals surface area contributed by atoms with Crippen molar-refractivity contribution in [2.45, 2.75) is 51.6 Å². The SMILES string of the molecule is CCNC(=NCC(=O)NCc1ccccc1)NC1CCCCC1. The molecule has 1 aromatic rings. The third-order valence-corrected chi connectivity index (χ3v) is 4.00. The zero-order chi connectivity index (χ0) is 16.3. The minimum absolute atomic E-state index is 0.0605. The van der Waals surface area contributed by atoms with E-state index in [0.717, 1.165) is 18.1 Å². The second kappa shape index (κ2) is 9.87. The largest absolute Gasteiger partial charge is 0.357 e. The van der Waals surface area contributed by atoms with Gasteiger partial charge in [0.1, 0.15) is 6.54 Å². The summed E-state index contributed by atoms with van der Waals surface area (Å²) in [6.45, 7) is 3.52. The monoisotopic (exact) mass is 316 g/mol. The number of aliphatic imine (C=N–C) groups is 1. The molecular weight excluding hydrogens is 288 g/mol. The van der Waals surface area contributed by atoms with Gasteiger partial charge in [-0.3, -0.25) is 4.79 Å². The van der Waals surface area contributed by atoms with Crippen molar-refractivity contribution in [2.75, 3.05) is 13.1 Å². The van der Waals surface area contributed by atoms with Crippen LogP contribution in [0.5, 0.6) is 0 Å². The summed E-state index contributed by atoms with van der Waals surface area (Å²) in [5, 5.41) is 9.56. The van der Waals surface area contributed by atoms with Crippen LogP contribution in [0.2, 0.25) is 0 Å². The molecule has 3 N–H and O–H groups in total. The number of hydrogen-bond acceptors (Lipinski definition) is 2. The van der Waals surface area contributed by atoms with Gasteiger partial charge < -0.3 is 16.0 Å². The molecule has 126 valence electrons. The van der Waals surface area contributed by atoms with E-state index in [0.29, 0.717) is 12.6 Å². The number of guanidine groups is 1. The highest BCUT2D eigenvalue weighted by Crippen LogP contribution is 2.17. The smallest absolute Gasteiger partial charge is 0.242 e. The van der Waals surface area contributed by atoms with Gasteiger partial charge in [0.05, 0.1) is 0 Å². The van der Waals surface area contributed by atoms with Crippen LogP contribution in [-0.4, -0.2) is 31.0 Å². The number of carbonyl (C=O) groups excluding carboxylic acids is 1. The average Bonchev–Trinajstić information content (AvgIpc) is 2.60. The quantitative estimate of drug-likeness (QED) is 0.557. The molecule has 1 aromatic carbocycles. The highest BCUT2D eigenvalue weighted by molar-refractivity contribution is 5.85. The fraction of sp³-hybridized carbons (Fsp3) is 0.556. The second-order valence-corrected chi connectivity index (χ2v) is 5.94. The molecule has 0 spiro atoms. The van der Waals surface area contributed by atoms with Gasteiger partial charge in [-0.2, -0.15) is 0 Å². The summed E-state index contributed by atoms with van der Waals surface area (Å²) in [6.07, 6.45) is 6.24. The van der Waals surface area contributed by atoms with Crippen LogP contribution in [0.4, 0.5) is 0 Å². The maximum absolute atomic E-state index is 11.9. The molecule has 5 heteroatoms. The normalized spacial score (nSPS) is 16.0. The van der Waals surface area contributed by atoms with E-state index in [1.807, 2.05) is 37.3 Å². The van der Waals surface area contributed by atoms with Crippen LogP contribution >= 0.6 is 0 Å². The molecule has 0 aliphatic heterocycles. The van der Waals surface area contributed by atoms with E-state index < -0.39 is 0 Å². The lowest BCUT2D eigenvalue weighted by atomic mass is 9.96. The first kappa shape index (κ1) is 17.3. The van der Waals surface area contributed by atoms with E-state index >= 15 is 0 Å². The van der Waals surface area contributed by atoms with E-state index in [-0.39, 0.29) is 12.5 Å². The van der Waals surface area contributed by atoms with Gasteiger partial charge in [-0.05, 0) is 25.3 Å². The van der Waals surface area contributed by atoms with Crippen molar-refractivity contribution in [1.29, 1.82) is 0 Å². The van der Waals surface area contributed by atoms with Crippen LogP contribution in [0.3, 0.4) is 0 Å². The minimum Gasteiger partial charge on any atom is -0.357 e. The number of amides is 1. The van der Waals surface area contributed by atoms with Gasteiger partial charge in [0.25, 0.3) is 0 Å². The first-order chi connectivity index (χ1) is 11.3. The van der Waals surface area contributed by atoms with Crippen molar-refractivity contribution < 1.29 is 4.79 Å². The van der Waals surface area contributed by atoms with Crippen LogP contribution in [-0.2, 0) is 11.3 Å². The van der Waals surface area contributed by atoms with Gasteiger partial charge in [0.15, 0.2) is 5.96 Å². The Bertz CT molecular complexity index is 495. The highest BCUT2D eigenvalue weighted by Gasteiger charge is 2.14. The van der Waals surface area contributed by atoms with Crippen molar-refractivity contribution in [3.63, 3.8) is 0 Å². The number of rotatable bonds is 6. The van der Waals surface area contributed by atoms with Gasteiger partial charge in [-0.25, -0.2) is 4.99 Å². The summed E-state index contributed by atoms with van der Waals surface area (Å²) in [5.41, 5.74) is 1.09. The van der Waals surface area contributed by atoms with Crippen molar-refractivity contribution in [1.82, 2.24) is 16.0 Å². The lowest BCUT2D eigenvalue weighted by molar-refractivity contribution is -0.119.